The fourth-order valence-corrected chi connectivity index (χ4v) is 3.22. The van der Waals surface area contributed by atoms with Crippen LogP contribution < -0.4 is 5.56 Å². The number of aryl methyl sites for hydroxylation is 1. The smallest absolute Gasteiger partial charge is 0.277 e. The minimum atomic E-state index is -0.0170. The van der Waals surface area contributed by atoms with Crippen molar-refractivity contribution in [2.24, 2.45) is 0 Å². The van der Waals surface area contributed by atoms with Crippen molar-refractivity contribution < 1.29 is 0 Å². The summed E-state index contributed by atoms with van der Waals surface area (Å²) in [6, 6.07) is 16.3. The van der Waals surface area contributed by atoms with Gasteiger partial charge in [0.1, 0.15) is 11.0 Å². The standard InChI is InChI=1S/C20H19N3O/c1-13-8-9-17-16(10-13)18-19(22-17)20(24)23(12-21-18)11-14(2)15-6-4-3-5-7-15/h3-10,12,14,22H,11H2,1-2H3/t14-/m1/s1. The maximum absolute atomic E-state index is 12.8. The summed E-state index contributed by atoms with van der Waals surface area (Å²) in [5.41, 5.74) is 4.65. The minimum absolute atomic E-state index is 0.0170. The number of hydrogen-bond donors (Lipinski definition) is 1. The summed E-state index contributed by atoms with van der Waals surface area (Å²) < 4.78 is 1.70. The van der Waals surface area contributed by atoms with Crippen LogP contribution in [0.15, 0.2) is 59.7 Å². The zero-order valence-corrected chi connectivity index (χ0v) is 13.8. The van der Waals surface area contributed by atoms with E-state index in [9.17, 15) is 4.79 Å². The van der Waals surface area contributed by atoms with E-state index in [4.69, 9.17) is 0 Å². The molecule has 2 aromatic carbocycles. The lowest BCUT2D eigenvalue weighted by Crippen LogP contribution is -2.23. The van der Waals surface area contributed by atoms with E-state index in [-0.39, 0.29) is 11.5 Å². The number of benzene rings is 2. The van der Waals surface area contributed by atoms with Crippen LogP contribution in [0.2, 0.25) is 0 Å². The second kappa shape index (κ2) is 5.64. The second-order valence-corrected chi connectivity index (χ2v) is 6.41. The second-order valence-electron chi connectivity index (χ2n) is 6.41. The van der Waals surface area contributed by atoms with Gasteiger partial charge < -0.3 is 4.98 Å². The fourth-order valence-electron chi connectivity index (χ4n) is 3.22. The third-order valence-electron chi connectivity index (χ3n) is 4.57. The average molecular weight is 317 g/mol. The molecule has 0 saturated carbocycles. The molecule has 0 amide bonds. The maximum atomic E-state index is 12.8. The number of hydrogen-bond acceptors (Lipinski definition) is 2. The van der Waals surface area contributed by atoms with E-state index in [1.165, 1.54) is 5.56 Å². The predicted molar refractivity (Wildman–Crippen MR) is 97.5 cm³/mol. The molecule has 120 valence electrons. The van der Waals surface area contributed by atoms with Crippen LogP contribution in [0.4, 0.5) is 0 Å². The van der Waals surface area contributed by atoms with E-state index in [0.717, 1.165) is 22.0 Å². The molecule has 2 heterocycles. The molecule has 4 nitrogen and oxygen atoms in total. The summed E-state index contributed by atoms with van der Waals surface area (Å²) in [4.78, 5) is 20.6. The van der Waals surface area contributed by atoms with Gasteiger partial charge in [-0.3, -0.25) is 9.36 Å². The number of aromatic amines is 1. The lowest BCUT2D eigenvalue weighted by Gasteiger charge is -2.13. The summed E-state index contributed by atoms with van der Waals surface area (Å²) in [5, 5.41) is 1.00. The first-order chi connectivity index (χ1) is 11.6. The van der Waals surface area contributed by atoms with Crippen LogP contribution in [-0.4, -0.2) is 14.5 Å². The molecule has 0 bridgehead atoms. The van der Waals surface area contributed by atoms with Gasteiger partial charge in [0.05, 0.1) is 6.33 Å². The number of fused-ring (bicyclic) bond motifs is 3. The van der Waals surface area contributed by atoms with Gasteiger partial charge in [-0.05, 0) is 30.5 Å². The molecular formula is C20H19N3O. The highest BCUT2D eigenvalue weighted by molar-refractivity contribution is 6.04. The molecule has 24 heavy (non-hydrogen) atoms. The first kappa shape index (κ1) is 14.7. The Morgan fingerprint density at radius 1 is 1.17 bits per heavy atom. The molecule has 0 aliphatic carbocycles. The number of rotatable bonds is 3. The van der Waals surface area contributed by atoms with Gasteiger partial charge in [-0.2, -0.15) is 0 Å². The number of nitrogens with zero attached hydrogens (tertiary/aromatic N) is 2. The van der Waals surface area contributed by atoms with Crippen LogP contribution in [0.25, 0.3) is 21.9 Å². The zero-order valence-electron chi connectivity index (χ0n) is 13.8. The Bertz CT molecular complexity index is 1080. The number of nitrogens with one attached hydrogen (secondary N) is 1. The molecule has 1 N–H and O–H groups in total. The molecule has 0 fully saturated rings. The van der Waals surface area contributed by atoms with Crippen molar-refractivity contribution in [3.63, 3.8) is 0 Å². The SMILES string of the molecule is Cc1ccc2[nH]c3c(=O)n(C[C@@H](C)c4ccccc4)cnc3c2c1. The fraction of sp³-hybridized carbons (Fsp3) is 0.200. The van der Waals surface area contributed by atoms with Crippen molar-refractivity contribution in [3.05, 3.63) is 76.3 Å². The molecule has 4 heteroatoms. The van der Waals surface area contributed by atoms with Crippen LogP contribution >= 0.6 is 0 Å². The number of H-pyrrole nitrogens is 1. The monoisotopic (exact) mass is 317 g/mol. The highest BCUT2D eigenvalue weighted by atomic mass is 16.1. The topological polar surface area (TPSA) is 50.7 Å². The van der Waals surface area contributed by atoms with Gasteiger partial charge in [-0.25, -0.2) is 4.98 Å². The van der Waals surface area contributed by atoms with E-state index in [1.807, 2.05) is 37.3 Å². The van der Waals surface area contributed by atoms with Crippen molar-refractivity contribution in [1.29, 1.82) is 0 Å². The van der Waals surface area contributed by atoms with Crippen LogP contribution in [0.1, 0.15) is 24.0 Å². The molecule has 2 aromatic heterocycles. The summed E-state index contributed by atoms with van der Waals surface area (Å²) >= 11 is 0. The third kappa shape index (κ3) is 2.40. The maximum Gasteiger partial charge on any atom is 0.277 e. The highest BCUT2D eigenvalue weighted by Crippen LogP contribution is 2.23. The van der Waals surface area contributed by atoms with Gasteiger partial charge in [-0.15, -0.1) is 0 Å². The Balaban J connectivity index is 1.79. The molecule has 4 rings (SSSR count). The van der Waals surface area contributed by atoms with Crippen molar-refractivity contribution in [2.45, 2.75) is 26.3 Å². The molecule has 0 saturated heterocycles. The zero-order chi connectivity index (χ0) is 16.7. The van der Waals surface area contributed by atoms with Crippen molar-refractivity contribution >= 4 is 21.9 Å². The molecule has 0 spiro atoms. The van der Waals surface area contributed by atoms with Gasteiger partial charge >= 0.3 is 0 Å². The molecule has 1 atom stereocenters. The molecular weight excluding hydrogens is 298 g/mol. The number of aromatic nitrogens is 3. The molecule has 0 radical (unpaired) electrons. The van der Waals surface area contributed by atoms with Gasteiger partial charge in [0, 0.05) is 17.4 Å². The first-order valence-corrected chi connectivity index (χ1v) is 8.16. The van der Waals surface area contributed by atoms with Gasteiger partial charge in [0.15, 0.2) is 0 Å². The third-order valence-corrected chi connectivity index (χ3v) is 4.57. The van der Waals surface area contributed by atoms with E-state index in [1.54, 1.807) is 10.9 Å². The Labute approximate surface area is 139 Å². The van der Waals surface area contributed by atoms with E-state index in [0.29, 0.717) is 12.1 Å². The molecule has 0 aliphatic heterocycles. The molecule has 0 aliphatic rings. The summed E-state index contributed by atoms with van der Waals surface area (Å²) in [5.74, 6) is 0.245. The van der Waals surface area contributed by atoms with E-state index in [2.05, 4.69) is 35.1 Å². The molecule has 0 unspecified atom stereocenters. The Kier molecular flexibility index (Phi) is 3.45. The first-order valence-electron chi connectivity index (χ1n) is 8.16. The normalized spacial score (nSPS) is 12.8. The van der Waals surface area contributed by atoms with Crippen molar-refractivity contribution in [1.82, 2.24) is 14.5 Å². The van der Waals surface area contributed by atoms with Gasteiger partial charge in [0.25, 0.3) is 5.56 Å². The summed E-state index contributed by atoms with van der Waals surface area (Å²) in [6.07, 6.45) is 1.67. The Hall–Kier alpha value is -2.88. The van der Waals surface area contributed by atoms with Crippen LogP contribution in [0.5, 0.6) is 0 Å². The van der Waals surface area contributed by atoms with Crippen molar-refractivity contribution in [3.8, 4) is 0 Å². The van der Waals surface area contributed by atoms with E-state index >= 15 is 0 Å². The molecule has 4 aromatic rings. The van der Waals surface area contributed by atoms with Crippen molar-refractivity contribution in [2.75, 3.05) is 0 Å². The highest BCUT2D eigenvalue weighted by Gasteiger charge is 2.13. The summed E-state index contributed by atoms with van der Waals surface area (Å²) in [7, 11) is 0. The Morgan fingerprint density at radius 3 is 2.75 bits per heavy atom. The Morgan fingerprint density at radius 2 is 1.96 bits per heavy atom. The predicted octanol–water partition coefficient (Wildman–Crippen LogP) is 3.99. The largest absolute Gasteiger partial charge is 0.349 e. The van der Waals surface area contributed by atoms with Crippen LogP contribution in [0, 0.1) is 6.92 Å². The summed E-state index contributed by atoms with van der Waals surface area (Å²) in [6.45, 7) is 4.78. The quantitative estimate of drug-likeness (QED) is 0.621. The van der Waals surface area contributed by atoms with Crippen LogP contribution in [-0.2, 0) is 6.54 Å². The minimum Gasteiger partial charge on any atom is -0.349 e. The van der Waals surface area contributed by atoms with Gasteiger partial charge in [-0.1, -0.05) is 48.9 Å². The van der Waals surface area contributed by atoms with Crippen LogP contribution in [0.3, 0.4) is 0 Å². The lowest BCUT2D eigenvalue weighted by molar-refractivity contribution is 0.576. The lowest BCUT2D eigenvalue weighted by atomic mass is 10.0. The van der Waals surface area contributed by atoms with E-state index < -0.39 is 0 Å². The van der Waals surface area contributed by atoms with Gasteiger partial charge in [0.2, 0.25) is 0 Å². The average Bonchev–Trinajstić information content (AvgIpc) is 2.97.